The summed E-state index contributed by atoms with van der Waals surface area (Å²) in [5.74, 6) is 1.15. The second-order valence-electron chi connectivity index (χ2n) is 3.35. The maximum absolute atomic E-state index is 5.49. The summed E-state index contributed by atoms with van der Waals surface area (Å²) in [7, 11) is 0. The molecule has 1 rings (SSSR count). The number of nitrogens with one attached hydrogen (secondary N) is 1. The molecule has 1 heterocycles. The first-order chi connectivity index (χ1) is 7.26. The van der Waals surface area contributed by atoms with Crippen molar-refractivity contribution in [3.05, 3.63) is 12.3 Å². The quantitative estimate of drug-likeness (QED) is 0.733. The standard InChI is InChI=1S/C10H18N4O/c1-3-6-15-9-4-5-12-10(14-9)13-8(2)7-11/h4-5,8H,3,6-7,11H2,1-2H3,(H,12,13,14). The van der Waals surface area contributed by atoms with Crippen LogP contribution in [0.1, 0.15) is 20.3 Å². The Bertz CT molecular complexity index is 293. The van der Waals surface area contributed by atoms with Crippen molar-refractivity contribution in [2.24, 2.45) is 5.73 Å². The maximum atomic E-state index is 5.49. The van der Waals surface area contributed by atoms with Crippen LogP contribution < -0.4 is 15.8 Å². The highest BCUT2D eigenvalue weighted by atomic mass is 16.5. The SMILES string of the molecule is CCCOc1ccnc(NC(C)CN)n1. The zero-order chi connectivity index (χ0) is 11.1. The summed E-state index contributed by atoms with van der Waals surface area (Å²) in [6, 6.07) is 1.90. The van der Waals surface area contributed by atoms with Crippen LogP contribution in [0.15, 0.2) is 12.3 Å². The van der Waals surface area contributed by atoms with Crippen molar-refractivity contribution in [3.63, 3.8) is 0 Å². The van der Waals surface area contributed by atoms with Gasteiger partial charge >= 0.3 is 0 Å². The first kappa shape index (κ1) is 11.7. The van der Waals surface area contributed by atoms with Crippen LogP contribution in [-0.2, 0) is 0 Å². The highest BCUT2D eigenvalue weighted by molar-refractivity contribution is 5.28. The fraction of sp³-hybridized carbons (Fsp3) is 0.600. The Hall–Kier alpha value is -1.36. The molecular weight excluding hydrogens is 192 g/mol. The second kappa shape index (κ2) is 6.19. The third-order valence-electron chi connectivity index (χ3n) is 1.81. The summed E-state index contributed by atoms with van der Waals surface area (Å²) in [6.45, 7) is 5.24. The first-order valence-electron chi connectivity index (χ1n) is 5.18. The molecule has 0 amide bonds. The van der Waals surface area contributed by atoms with Gasteiger partial charge in [-0.15, -0.1) is 0 Å². The normalized spacial score (nSPS) is 12.2. The van der Waals surface area contributed by atoms with E-state index in [1.165, 1.54) is 0 Å². The topological polar surface area (TPSA) is 73.1 Å². The van der Waals surface area contributed by atoms with Crippen LogP contribution in [0.5, 0.6) is 5.88 Å². The number of hydrogen-bond acceptors (Lipinski definition) is 5. The number of nitrogens with two attached hydrogens (primary N) is 1. The minimum absolute atomic E-state index is 0.159. The molecule has 0 aliphatic carbocycles. The summed E-state index contributed by atoms with van der Waals surface area (Å²) in [5.41, 5.74) is 5.49. The van der Waals surface area contributed by atoms with Gasteiger partial charge in [0.15, 0.2) is 0 Å². The van der Waals surface area contributed by atoms with Gasteiger partial charge < -0.3 is 15.8 Å². The van der Waals surface area contributed by atoms with Gasteiger partial charge in [0, 0.05) is 24.8 Å². The molecule has 0 saturated heterocycles. The molecule has 0 radical (unpaired) electrons. The van der Waals surface area contributed by atoms with Crippen molar-refractivity contribution >= 4 is 5.95 Å². The van der Waals surface area contributed by atoms with Crippen molar-refractivity contribution in [1.29, 1.82) is 0 Å². The van der Waals surface area contributed by atoms with E-state index >= 15 is 0 Å². The first-order valence-corrected chi connectivity index (χ1v) is 5.18. The zero-order valence-electron chi connectivity index (χ0n) is 9.23. The van der Waals surface area contributed by atoms with Crippen LogP contribution >= 0.6 is 0 Å². The molecule has 1 atom stereocenters. The van der Waals surface area contributed by atoms with E-state index in [4.69, 9.17) is 10.5 Å². The van der Waals surface area contributed by atoms with E-state index in [-0.39, 0.29) is 6.04 Å². The molecular formula is C10H18N4O. The number of nitrogens with zero attached hydrogens (tertiary/aromatic N) is 2. The maximum Gasteiger partial charge on any atom is 0.226 e. The summed E-state index contributed by atoms with van der Waals surface area (Å²) in [5, 5.41) is 3.08. The lowest BCUT2D eigenvalue weighted by atomic mass is 10.3. The Morgan fingerprint density at radius 2 is 2.40 bits per heavy atom. The van der Waals surface area contributed by atoms with Gasteiger partial charge in [-0.05, 0) is 13.3 Å². The van der Waals surface area contributed by atoms with Crippen molar-refractivity contribution in [2.45, 2.75) is 26.3 Å². The van der Waals surface area contributed by atoms with Crippen molar-refractivity contribution in [1.82, 2.24) is 9.97 Å². The van der Waals surface area contributed by atoms with Crippen LogP contribution in [0, 0.1) is 0 Å². The van der Waals surface area contributed by atoms with Crippen molar-refractivity contribution in [2.75, 3.05) is 18.5 Å². The second-order valence-corrected chi connectivity index (χ2v) is 3.35. The lowest BCUT2D eigenvalue weighted by Gasteiger charge is -2.11. The molecule has 1 aromatic rings. The van der Waals surface area contributed by atoms with Crippen LogP contribution in [0.2, 0.25) is 0 Å². The molecule has 0 saturated carbocycles. The molecule has 1 aromatic heterocycles. The van der Waals surface area contributed by atoms with E-state index in [1.807, 2.05) is 6.92 Å². The summed E-state index contributed by atoms with van der Waals surface area (Å²) in [6.07, 6.45) is 2.63. The van der Waals surface area contributed by atoms with Crippen LogP contribution in [-0.4, -0.2) is 29.2 Å². The monoisotopic (exact) mass is 210 g/mol. The Kier molecular flexibility index (Phi) is 4.83. The van der Waals surface area contributed by atoms with E-state index in [9.17, 15) is 0 Å². The van der Waals surface area contributed by atoms with Crippen LogP contribution in [0.4, 0.5) is 5.95 Å². The minimum atomic E-state index is 0.159. The van der Waals surface area contributed by atoms with E-state index in [2.05, 4.69) is 22.2 Å². The van der Waals surface area contributed by atoms with Gasteiger partial charge in [0.2, 0.25) is 11.8 Å². The van der Waals surface area contributed by atoms with E-state index < -0.39 is 0 Å². The number of ether oxygens (including phenoxy) is 1. The Morgan fingerprint density at radius 1 is 1.60 bits per heavy atom. The number of rotatable bonds is 6. The minimum Gasteiger partial charge on any atom is -0.478 e. The Morgan fingerprint density at radius 3 is 3.07 bits per heavy atom. The van der Waals surface area contributed by atoms with Crippen LogP contribution in [0.3, 0.4) is 0 Å². The van der Waals surface area contributed by atoms with Crippen molar-refractivity contribution in [3.8, 4) is 5.88 Å². The molecule has 0 fully saturated rings. The highest BCUT2D eigenvalue weighted by Gasteiger charge is 2.02. The molecule has 0 spiro atoms. The third-order valence-corrected chi connectivity index (χ3v) is 1.81. The largest absolute Gasteiger partial charge is 0.478 e. The smallest absolute Gasteiger partial charge is 0.226 e. The number of aromatic nitrogens is 2. The number of hydrogen-bond donors (Lipinski definition) is 2. The molecule has 0 bridgehead atoms. The molecule has 0 aromatic carbocycles. The molecule has 0 aliphatic heterocycles. The zero-order valence-corrected chi connectivity index (χ0v) is 9.23. The fourth-order valence-corrected chi connectivity index (χ4v) is 0.978. The van der Waals surface area contributed by atoms with Gasteiger partial charge in [-0.3, -0.25) is 0 Å². The van der Waals surface area contributed by atoms with Crippen molar-refractivity contribution < 1.29 is 4.74 Å². The Labute approximate surface area is 90.1 Å². The van der Waals surface area contributed by atoms with Gasteiger partial charge in [0.05, 0.1) is 6.61 Å². The average Bonchev–Trinajstić information content (AvgIpc) is 2.26. The van der Waals surface area contributed by atoms with E-state index in [0.29, 0.717) is 25.0 Å². The molecule has 1 unspecified atom stereocenters. The lowest BCUT2D eigenvalue weighted by Crippen LogP contribution is -2.26. The Balaban J connectivity index is 2.57. The summed E-state index contributed by atoms with van der Waals surface area (Å²) >= 11 is 0. The molecule has 3 N–H and O–H groups in total. The molecule has 0 aliphatic rings. The predicted octanol–water partition coefficient (Wildman–Crippen LogP) is 1.02. The van der Waals surface area contributed by atoms with Gasteiger partial charge in [-0.25, -0.2) is 4.98 Å². The van der Waals surface area contributed by atoms with Crippen LogP contribution in [0.25, 0.3) is 0 Å². The summed E-state index contributed by atoms with van der Waals surface area (Å²) in [4.78, 5) is 8.28. The van der Waals surface area contributed by atoms with Gasteiger partial charge in [0.25, 0.3) is 0 Å². The highest BCUT2D eigenvalue weighted by Crippen LogP contribution is 2.09. The van der Waals surface area contributed by atoms with E-state index in [0.717, 1.165) is 6.42 Å². The van der Waals surface area contributed by atoms with Gasteiger partial charge in [-0.2, -0.15) is 4.98 Å². The predicted molar refractivity (Wildman–Crippen MR) is 60.0 cm³/mol. The molecule has 5 heteroatoms. The molecule has 5 nitrogen and oxygen atoms in total. The van der Waals surface area contributed by atoms with Gasteiger partial charge in [0.1, 0.15) is 0 Å². The van der Waals surface area contributed by atoms with E-state index in [1.54, 1.807) is 12.3 Å². The lowest BCUT2D eigenvalue weighted by molar-refractivity contribution is 0.305. The third kappa shape index (κ3) is 4.12. The molecule has 84 valence electrons. The van der Waals surface area contributed by atoms with Gasteiger partial charge in [-0.1, -0.05) is 6.92 Å². The number of anilines is 1. The molecule has 15 heavy (non-hydrogen) atoms. The summed E-state index contributed by atoms with van der Waals surface area (Å²) < 4.78 is 5.39. The average molecular weight is 210 g/mol. The fourth-order valence-electron chi connectivity index (χ4n) is 0.978.